The molecule has 0 amide bonds. The number of fused-ring (bicyclic) bond motifs is 3. The normalized spacial score (nSPS) is 25.1. The Balaban J connectivity index is 1.77. The third-order valence-corrected chi connectivity index (χ3v) is 5.26. The molecule has 2 aliphatic rings. The number of hydrogen-bond donors (Lipinski definition) is 3. The smallest absolute Gasteiger partial charge is 0.397 e. The van der Waals surface area contributed by atoms with Crippen molar-refractivity contribution in [1.29, 1.82) is 0 Å². The van der Waals surface area contributed by atoms with Gasteiger partial charge in [0, 0.05) is 23.8 Å². The fourth-order valence-electron chi connectivity index (χ4n) is 3.96. The Morgan fingerprint density at radius 1 is 1.04 bits per heavy atom. The maximum absolute atomic E-state index is 13.1. The Morgan fingerprint density at radius 2 is 1.85 bits per heavy atom. The molecule has 0 spiro atoms. The van der Waals surface area contributed by atoms with E-state index in [9.17, 15) is 13.2 Å². The van der Waals surface area contributed by atoms with Crippen molar-refractivity contribution in [3.05, 3.63) is 53.1 Å². The molecule has 1 saturated heterocycles. The zero-order valence-electron chi connectivity index (χ0n) is 14.0. The highest BCUT2D eigenvalue weighted by Gasteiger charge is 2.41. The summed E-state index contributed by atoms with van der Waals surface area (Å²) < 4.78 is 45.3. The molecule has 3 atom stereocenters. The van der Waals surface area contributed by atoms with E-state index in [1.54, 1.807) is 6.07 Å². The number of nitrogens with two attached hydrogens (primary N) is 2. The number of anilines is 3. The monoisotopic (exact) mass is 363 g/mol. The number of alkyl halides is 3. The molecule has 2 aromatic carbocycles. The zero-order valence-corrected chi connectivity index (χ0v) is 14.0. The number of rotatable bonds is 1. The highest BCUT2D eigenvalue weighted by Crippen LogP contribution is 2.50. The SMILES string of the molecule is Nc1ccc([C@@H]2Nc3ccc(C(F)(F)F)cc3C3OCCCC32)cc1N. The van der Waals surface area contributed by atoms with Gasteiger partial charge in [-0.2, -0.15) is 13.2 Å². The summed E-state index contributed by atoms with van der Waals surface area (Å²) in [4.78, 5) is 0. The standard InChI is InChI=1S/C19H20F3N3O/c20-19(21,22)11-4-6-16-13(9-11)18-12(2-1-7-26-18)17(25-16)10-3-5-14(23)15(24)8-10/h3-6,8-9,12,17-18,25H,1-2,7,23-24H2/t12?,17-,18?/m0/s1. The van der Waals surface area contributed by atoms with Gasteiger partial charge in [0.2, 0.25) is 0 Å². The molecule has 138 valence electrons. The maximum Gasteiger partial charge on any atom is 0.416 e. The van der Waals surface area contributed by atoms with E-state index < -0.39 is 11.7 Å². The van der Waals surface area contributed by atoms with Crippen LogP contribution >= 0.6 is 0 Å². The summed E-state index contributed by atoms with van der Waals surface area (Å²) in [6, 6.07) is 9.19. The molecule has 5 N–H and O–H groups in total. The molecule has 4 rings (SSSR count). The van der Waals surface area contributed by atoms with E-state index in [1.807, 2.05) is 12.1 Å². The summed E-state index contributed by atoms with van der Waals surface area (Å²) >= 11 is 0. The molecule has 7 heteroatoms. The van der Waals surface area contributed by atoms with E-state index in [0.29, 0.717) is 29.2 Å². The van der Waals surface area contributed by atoms with Crippen LogP contribution in [0.2, 0.25) is 0 Å². The van der Waals surface area contributed by atoms with E-state index in [1.165, 1.54) is 12.1 Å². The van der Waals surface area contributed by atoms with Crippen LogP contribution in [0.4, 0.5) is 30.2 Å². The second-order valence-electron chi connectivity index (χ2n) is 6.91. The van der Waals surface area contributed by atoms with E-state index in [4.69, 9.17) is 16.2 Å². The zero-order chi connectivity index (χ0) is 18.5. The lowest BCUT2D eigenvalue weighted by molar-refractivity contribution is -0.137. The third kappa shape index (κ3) is 2.86. The predicted molar refractivity (Wildman–Crippen MR) is 94.5 cm³/mol. The number of benzene rings is 2. The van der Waals surface area contributed by atoms with Crippen LogP contribution in [-0.4, -0.2) is 6.61 Å². The Labute approximate surface area is 149 Å². The summed E-state index contributed by atoms with van der Waals surface area (Å²) in [5.41, 5.74) is 14.3. The van der Waals surface area contributed by atoms with Gasteiger partial charge in [0.25, 0.3) is 0 Å². The van der Waals surface area contributed by atoms with Gasteiger partial charge >= 0.3 is 6.18 Å². The quantitative estimate of drug-likeness (QED) is 0.652. The first-order chi connectivity index (χ1) is 12.3. The summed E-state index contributed by atoms with van der Waals surface area (Å²) in [5.74, 6) is 0.0303. The Morgan fingerprint density at radius 3 is 2.58 bits per heavy atom. The molecular formula is C19H20F3N3O. The average Bonchev–Trinajstić information content (AvgIpc) is 2.62. The van der Waals surface area contributed by atoms with Crippen LogP contribution in [0, 0.1) is 5.92 Å². The van der Waals surface area contributed by atoms with Gasteiger partial charge in [-0.3, -0.25) is 0 Å². The number of halogens is 3. The molecule has 26 heavy (non-hydrogen) atoms. The van der Waals surface area contributed by atoms with E-state index in [0.717, 1.165) is 24.5 Å². The lowest BCUT2D eigenvalue weighted by Crippen LogP contribution is -2.36. The highest BCUT2D eigenvalue weighted by molar-refractivity contribution is 5.65. The van der Waals surface area contributed by atoms with Crippen molar-refractivity contribution in [2.24, 2.45) is 5.92 Å². The molecule has 2 heterocycles. The van der Waals surface area contributed by atoms with Crippen LogP contribution < -0.4 is 16.8 Å². The van der Waals surface area contributed by atoms with Crippen molar-refractivity contribution < 1.29 is 17.9 Å². The summed E-state index contributed by atoms with van der Waals surface area (Å²) in [7, 11) is 0. The fourth-order valence-corrected chi connectivity index (χ4v) is 3.96. The molecule has 2 unspecified atom stereocenters. The largest absolute Gasteiger partial charge is 0.416 e. The highest BCUT2D eigenvalue weighted by atomic mass is 19.4. The van der Waals surface area contributed by atoms with Crippen molar-refractivity contribution >= 4 is 17.1 Å². The van der Waals surface area contributed by atoms with Gasteiger partial charge in [-0.15, -0.1) is 0 Å². The average molecular weight is 363 g/mol. The van der Waals surface area contributed by atoms with E-state index >= 15 is 0 Å². The molecule has 1 fully saturated rings. The van der Waals surface area contributed by atoms with Gasteiger partial charge in [0.05, 0.1) is 29.1 Å². The molecule has 0 radical (unpaired) electrons. The minimum atomic E-state index is -4.37. The van der Waals surface area contributed by atoms with Gasteiger partial charge < -0.3 is 21.5 Å². The summed E-state index contributed by atoms with van der Waals surface area (Å²) in [5, 5.41) is 3.39. The molecule has 0 bridgehead atoms. The molecule has 0 aromatic heterocycles. The maximum atomic E-state index is 13.1. The molecule has 4 nitrogen and oxygen atoms in total. The number of nitrogens with one attached hydrogen (secondary N) is 1. The lowest BCUT2D eigenvalue weighted by atomic mass is 9.77. The molecule has 0 saturated carbocycles. The third-order valence-electron chi connectivity index (χ3n) is 5.26. The van der Waals surface area contributed by atoms with Crippen LogP contribution in [0.15, 0.2) is 36.4 Å². The van der Waals surface area contributed by atoms with Crippen LogP contribution in [-0.2, 0) is 10.9 Å². The lowest BCUT2D eigenvalue weighted by Gasteiger charge is -2.43. The molecule has 0 aliphatic carbocycles. The Bertz CT molecular complexity index is 837. The first-order valence-corrected chi connectivity index (χ1v) is 8.59. The van der Waals surface area contributed by atoms with Crippen molar-refractivity contribution in [2.75, 3.05) is 23.4 Å². The second kappa shape index (κ2) is 6.09. The fraction of sp³-hybridized carbons (Fsp3) is 0.368. The van der Waals surface area contributed by atoms with Crippen LogP contribution in [0.3, 0.4) is 0 Å². The van der Waals surface area contributed by atoms with Gasteiger partial charge in [0.1, 0.15) is 0 Å². The van der Waals surface area contributed by atoms with Gasteiger partial charge in [-0.1, -0.05) is 6.07 Å². The second-order valence-corrected chi connectivity index (χ2v) is 6.91. The first kappa shape index (κ1) is 17.0. The predicted octanol–water partition coefficient (Wildman–Crippen LogP) is 4.50. The molecule has 2 aliphatic heterocycles. The van der Waals surface area contributed by atoms with Crippen molar-refractivity contribution in [2.45, 2.75) is 31.2 Å². The van der Waals surface area contributed by atoms with E-state index in [-0.39, 0.29) is 18.1 Å². The van der Waals surface area contributed by atoms with Crippen molar-refractivity contribution in [1.82, 2.24) is 0 Å². The van der Waals surface area contributed by atoms with Crippen LogP contribution in [0.1, 0.15) is 41.7 Å². The van der Waals surface area contributed by atoms with Crippen LogP contribution in [0.25, 0.3) is 0 Å². The minimum absolute atomic E-state index is 0.0303. The minimum Gasteiger partial charge on any atom is -0.397 e. The van der Waals surface area contributed by atoms with Gasteiger partial charge in [-0.25, -0.2) is 0 Å². The topological polar surface area (TPSA) is 73.3 Å². The number of ether oxygens (including phenoxy) is 1. The van der Waals surface area contributed by atoms with Crippen molar-refractivity contribution in [3.8, 4) is 0 Å². The number of nitrogen functional groups attached to an aromatic ring is 2. The van der Waals surface area contributed by atoms with E-state index in [2.05, 4.69) is 5.32 Å². The first-order valence-electron chi connectivity index (χ1n) is 8.59. The Hall–Kier alpha value is -2.41. The van der Waals surface area contributed by atoms with Gasteiger partial charge in [0.15, 0.2) is 0 Å². The summed E-state index contributed by atoms with van der Waals surface area (Å²) in [6.45, 7) is 0.549. The van der Waals surface area contributed by atoms with Crippen LogP contribution in [0.5, 0.6) is 0 Å². The molecule has 2 aromatic rings. The number of hydrogen-bond acceptors (Lipinski definition) is 4. The Kier molecular flexibility index (Phi) is 3.99. The van der Waals surface area contributed by atoms with Gasteiger partial charge in [-0.05, 0) is 48.7 Å². The molecular weight excluding hydrogens is 343 g/mol. The summed E-state index contributed by atoms with van der Waals surface area (Å²) in [6.07, 6.45) is -3.01. The van der Waals surface area contributed by atoms with Crippen molar-refractivity contribution in [3.63, 3.8) is 0 Å².